The standard InChI is InChI=1S/C22H27N3O3/c1-16-5-3-4-6-19(16)25-11-9-24(10-12-25)17(2)22(26)23-18-7-8-20-21(15-18)28-14-13-27-20/h3-8,15,17H,9-14H2,1-2H3,(H,23,26)/t17-/m1/s1. The molecule has 2 aromatic carbocycles. The second-order valence-corrected chi connectivity index (χ2v) is 7.33. The van der Waals surface area contributed by atoms with Gasteiger partial charge in [0.1, 0.15) is 13.2 Å². The summed E-state index contributed by atoms with van der Waals surface area (Å²) in [5.74, 6) is 1.41. The van der Waals surface area contributed by atoms with Crippen LogP contribution >= 0.6 is 0 Å². The normalized spacial score (nSPS) is 17.9. The number of fused-ring (bicyclic) bond motifs is 1. The molecule has 0 aromatic heterocycles. The zero-order valence-corrected chi connectivity index (χ0v) is 16.5. The molecule has 148 valence electrons. The highest BCUT2D eigenvalue weighted by atomic mass is 16.6. The molecule has 1 amide bonds. The first-order valence-corrected chi connectivity index (χ1v) is 9.87. The van der Waals surface area contributed by atoms with Gasteiger partial charge < -0.3 is 19.7 Å². The number of amides is 1. The van der Waals surface area contributed by atoms with Crippen molar-refractivity contribution in [1.82, 2.24) is 4.90 Å². The zero-order valence-electron chi connectivity index (χ0n) is 16.5. The number of piperazine rings is 1. The van der Waals surface area contributed by atoms with Crippen molar-refractivity contribution in [2.24, 2.45) is 0 Å². The van der Waals surface area contributed by atoms with Crippen LogP contribution in [-0.4, -0.2) is 56.2 Å². The highest BCUT2D eigenvalue weighted by molar-refractivity contribution is 5.94. The number of benzene rings is 2. The average molecular weight is 381 g/mol. The first kappa shape index (κ1) is 18.6. The van der Waals surface area contributed by atoms with Gasteiger partial charge in [-0.3, -0.25) is 9.69 Å². The van der Waals surface area contributed by atoms with Crippen LogP contribution in [0.5, 0.6) is 11.5 Å². The highest BCUT2D eigenvalue weighted by Crippen LogP contribution is 2.32. The minimum atomic E-state index is -0.188. The van der Waals surface area contributed by atoms with E-state index in [1.807, 2.05) is 25.1 Å². The summed E-state index contributed by atoms with van der Waals surface area (Å²) in [6.07, 6.45) is 0. The fourth-order valence-electron chi connectivity index (χ4n) is 3.80. The molecule has 0 bridgehead atoms. The van der Waals surface area contributed by atoms with Crippen molar-refractivity contribution in [2.45, 2.75) is 19.9 Å². The van der Waals surface area contributed by atoms with Gasteiger partial charge in [-0.05, 0) is 37.6 Å². The molecule has 1 atom stereocenters. The van der Waals surface area contributed by atoms with Crippen LogP contribution in [0.4, 0.5) is 11.4 Å². The summed E-state index contributed by atoms with van der Waals surface area (Å²) in [6.45, 7) is 8.78. The van der Waals surface area contributed by atoms with Crippen molar-refractivity contribution >= 4 is 17.3 Å². The lowest BCUT2D eigenvalue weighted by Gasteiger charge is -2.39. The van der Waals surface area contributed by atoms with Crippen LogP contribution in [0.1, 0.15) is 12.5 Å². The first-order chi connectivity index (χ1) is 13.6. The second-order valence-electron chi connectivity index (χ2n) is 7.33. The van der Waals surface area contributed by atoms with Crippen LogP contribution in [0.25, 0.3) is 0 Å². The Morgan fingerprint density at radius 1 is 1.00 bits per heavy atom. The van der Waals surface area contributed by atoms with Crippen LogP contribution in [-0.2, 0) is 4.79 Å². The summed E-state index contributed by atoms with van der Waals surface area (Å²) in [7, 11) is 0. The Balaban J connectivity index is 1.34. The Morgan fingerprint density at radius 3 is 2.46 bits per heavy atom. The summed E-state index contributed by atoms with van der Waals surface area (Å²) >= 11 is 0. The van der Waals surface area contributed by atoms with Crippen molar-refractivity contribution in [3.05, 3.63) is 48.0 Å². The molecule has 6 heteroatoms. The molecule has 6 nitrogen and oxygen atoms in total. The fourth-order valence-corrected chi connectivity index (χ4v) is 3.80. The van der Waals surface area contributed by atoms with Crippen molar-refractivity contribution < 1.29 is 14.3 Å². The molecular formula is C22H27N3O3. The number of carbonyl (C=O) groups is 1. The van der Waals surface area contributed by atoms with E-state index in [-0.39, 0.29) is 11.9 Å². The number of nitrogens with one attached hydrogen (secondary N) is 1. The van der Waals surface area contributed by atoms with Gasteiger partial charge in [-0.15, -0.1) is 0 Å². The number of aryl methyl sites for hydroxylation is 1. The molecule has 2 aliphatic rings. The molecule has 2 aliphatic heterocycles. The van der Waals surface area contributed by atoms with E-state index >= 15 is 0 Å². The number of nitrogens with zero attached hydrogens (tertiary/aromatic N) is 2. The lowest BCUT2D eigenvalue weighted by Crippen LogP contribution is -2.53. The molecule has 2 aromatic rings. The molecule has 4 rings (SSSR count). The van der Waals surface area contributed by atoms with Crippen molar-refractivity contribution in [1.29, 1.82) is 0 Å². The van der Waals surface area contributed by atoms with Crippen molar-refractivity contribution in [3.63, 3.8) is 0 Å². The number of hydrogen-bond donors (Lipinski definition) is 1. The van der Waals surface area contributed by atoms with E-state index in [0.717, 1.165) is 37.6 Å². The van der Waals surface area contributed by atoms with E-state index in [1.165, 1.54) is 11.3 Å². The smallest absolute Gasteiger partial charge is 0.241 e. The number of carbonyl (C=O) groups excluding carboxylic acids is 1. The third-order valence-electron chi connectivity index (χ3n) is 5.51. The number of hydrogen-bond acceptors (Lipinski definition) is 5. The monoisotopic (exact) mass is 381 g/mol. The maximum Gasteiger partial charge on any atom is 0.241 e. The molecule has 0 radical (unpaired) electrons. The van der Waals surface area contributed by atoms with E-state index < -0.39 is 0 Å². The number of ether oxygens (including phenoxy) is 2. The van der Waals surface area contributed by atoms with E-state index in [2.05, 4.69) is 46.3 Å². The number of anilines is 2. The quantitative estimate of drug-likeness (QED) is 0.883. The highest BCUT2D eigenvalue weighted by Gasteiger charge is 2.26. The number of para-hydroxylation sites is 1. The number of rotatable bonds is 4. The summed E-state index contributed by atoms with van der Waals surface area (Å²) in [4.78, 5) is 17.4. The van der Waals surface area contributed by atoms with Crippen LogP contribution in [0.2, 0.25) is 0 Å². The van der Waals surface area contributed by atoms with Gasteiger partial charge in [-0.2, -0.15) is 0 Å². The van der Waals surface area contributed by atoms with Crippen LogP contribution in [0.15, 0.2) is 42.5 Å². The van der Waals surface area contributed by atoms with Crippen LogP contribution < -0.4 is 19.7 Å². The summed E-state index contributed by atoms with van der Waals surface area (Å²) in [6, 6.07) is 13.8. The van der Waals surface area contributed by atoms with E-state index in [4.69, 9.17) is 9.47 Å². The molecule has 1 N–H and O–H groups in total. The molecule has 2 heterocycles. The maximum absolute atomic E-state index is 12.7. The summed E-state index contributed by atoms with van der Waals surface area (Å²) < 4.78 is 11.1. The molecular weight excluding hydrogens is 354 g/mol. The molecule has 1 saturated heterocycles. The van der Waals surface area contributed by atoms with E-state index in [1.54, 1.807) is 0 Å². The van der Waals surface area contributed by atoms with Gasteiger partial charge in [0.05, 0.1) is 6.04 Å². The maximum atomic E-state index is 12.7. The van der Waals surface area contributed by atoms with Gasteiger partial charge in [-0.1, -0.05) is 18.2 Å². The third-order valence-corrected chi connectivity index (χ3v) is 5.51. The first-order valence-electron chi connectivity index (χ1n) is 9.87. The third kappa shape index (κ3) is 3.92. The largest absolute Gasteiger partial charge is 0.486 e. The van der Waals surface area contributed by atoms with Crippen LogP contribution in [0, 0.1) is 6.92 Å². The lowest BCUT2D eigenvalue weighted by atomic mass is 10.1. The Labute approximate surface area is 166 Å². The van der Waals surface area contributed by atoms with Crippen LogP contribution in [0.3, 0.4) is 0 Å². The van der Waals surface area contributed by atoms with E-state index in [0.29, 0.717) is 19.0 Å². The van der Waals surface area contributed by atoms with Crippen molar-refractivity contribution in [3.8, 4) is 11.5 Å². The van der Waals surface area contributed by atoms with Gasteiger partial charge in [0.15, 0.2) is 11.5 Å². The minimum Gasteiger partial charge on any atom is -0.486 e. The molecule has 0 unspecified atom stereocenters. The Hall–Kier alpha value is -2.73. The van der Waals surface area contributed by atoms with Gasteiger partial charge in [0, 0.05) is 43.6 Å². The summed E-state index contributed by atoms with van der Waals surface area (Å²) in [5, 5.41) is 3.01. The van der Waals surface area contributed by atoms with E-state index in [9.17, 15) is 4.79 Å². The lowest BCUT2D eigenvalue weighted by molar-refractivity contribution is -0.120. The second kappa shape index (κ2) is 8.10. The molecule has 0 saturated carbocycles. The topological polar surface area (TPSA) is 54.0 Å². The Bertz CT molecular complexity index is 847. The predicted octanol–water partition coefficient (Wildman–Crippen LogP) is 2.92. The van der Waals surface area contributed by atoms with Gasteiger partial charge in [0.25, 0.3) is 0 Å². The fraction of sp³-hybridized carbons (Fsp3) is 0.409. The SMILES string of the molecule is Cc1ccccc1N1CCN([C@H](C)C(=O)Nc2ccc3c(c2)OCCO3)CC1. The molecule has 0 aliphatic carbocycles. The zero-order chi connectivity index (χ0) is 19.5. The van der Waals surface area contributed by atoms with Crippen molar-refractivity contribution in [2.75, 3.05) is 49.6 Å². The molecule has 0 spiro atoms. The van der Waals surface area contributed by atoms with Gasteiger partial charge in [0.2, 0.25) is 5.91 Å². The molecule has 1 fully saturated rings. The average Bonchev–Trinajstić information content (AvgIpc) is 2.73. The predicted molar refractivity (Wildman–Crippen MR) is 110 cm³/mol. The molecule has 28 heavy (non-hydrogen) atoms. The Kier molecular flexibility index (Phi) is 5.39. The van der Waals surface area contributed by atoms with Gasteiger partial charge >= 0.3 is 0 Å². The van der Waals surface area contributed by atoms with Gasteiger partial charge in [-0.25, -0.2) is 0 Å². The summed E-state index contributed by atoms with van der Waals surface area (Å²) in [5.41, 5.74) is 3.32. The minimum absolute atomic E-state index is 0.000944. The Morgan fingerprint density at radius 2 is 1.71 bits per heavy atom.